The minimum Gasteiger partial charge on any atom is -0.288 e. The van der Waals surface area contributed by atoms with E-state index in [2.05, 4.69) is 21.3 Å². The molecule has 0 bridgehead atoms. The fourth-order valence-corrected chi connectivity index (χ4v) is 8.85. The Morgan fingerprint density at radius 2 is 1.80 bits per heavy atom. The van der Waals surface area contributed by atoms with Crippen LogP contribution in [-0.4, -0.2) is 73.5 Å². The predicted molar refractivity (Wildman–Crippen MR) is 164 cm³/mol. The van der Waals surface area contributed by atoms with Gasteiger partial charge >= 0.3 is 0 Å². The number of rotatable bonds is 8. The first-order chi connectivity index (χ1) is 21.1. The Balaban J connectivity index is 1.42. The van der Waals surface area contributed by atoms with Gasteiger partial charge in [0, 0.05) is 24.2 Å². The van der Waals surface area contributed by atoms with E-state index in [9.17, 15) is 22.1 Å². The second kappa shape index (κ2) is 10.1. The number of benzene rings is 1. The maximum atomic E-state index is 13.5. The van der Waals surface area contributed by atoms with Crippen molar-refractivity contribution in [2.45, 2.75) is 30.7 Å². The Bertz CT molecular complexity index is 2320. The molecule has 16 heteroatoms. The lowest BCUT2D eigenvalue weighted by molar-refractivity contribution is 0.0718. The molecule has 1 fully saturated rings. The van der Waals surface area contributed by atoms with Crippen molar-refractivity contribution in [2.24, 2.45) is 0 Å². The number of aryl methyl sites for hydroxylation is 1. The molecule has 0 radical (unpaired) electrons. The maximum Gasteiger partial charge on any atom is 0.284 e. The van der Waals surface area contributed by atoms with Crippen LogP contribution in [0.25, 0.3) is 38.5 Å². The Hall–Kier alpha value is -4.43. The number of nitriles is 1. The zero-order chi connectivity index (χ0) is 30.9. The number of aromatic nitrogens is 7. The molecule has 1 aromatic carbocycles. The zero-order valence-electron chi connectivity index (χ0n) is 23.6. The highest BCUT2D eigenvalue weighted by Crippen LogP contribution is 2.38. The lowest BCUT2D eigenvalue weighted by Crippen LogP contribution is -2.64. The van der Waals surface area contributed by atoms with Gasteiger partial charge in [-0.15, -0.1) is 15.4 Å². The average molecular weight is 648 g/mol. The van der Waals surface area contributed by atoms with Crippen LogP contribution >= 0.6 is 11.3 Å². The van der Waals surface area contributed by atoms with Crippen molar-refractivity contribution in [2.75, 3.05) is 18.8 Å². The van der Waals surface area contributed by atoms with E-state index in [1.165, 1.54) is 28.8 Å². The van der Waals surface area contributed by atoms with Crippen molar-refractivity contribution in [3.63, 3.8) is 0 Å². The summed E-state index contributed by atoms with van der Waals surface area (Å²) in [5.41, 5.74) is 1.04. The summed E-state index contributed by atoms with van der Waals surface area (Å²) in [7, 11) is -7.45. The minimum atomic E-state index is -4.03. The van der Waals surface area contributed by atoms with Crippen molar-refractivity contribution in [1.29, 1.82) is 5.26 Å². The molecule has 44 heavy (non-hydrogen) atoms. The van der Waals surface area contributed by atoms with Gasteiger partial charge in [0.05, 0.1) is 63.2 Å². The van der Waals surface area contributed by atoms with E-state index in [1.807, 2.05) is 23.6 Å². The third-order valence-corrected chi connectivity index (χ3v) is 12.2. The number of hydrogen-bond acceptors (Lipinski definition) is 10. The first-order valence-corrected chi connectivity index (χ1v) is 17.5. The van der Waals surface area contributed by atoms with E-state index < -0.39 is 25.6 Å². The molecule has 0 N–H and O–H groups in total. The molecule has 0 amide bonds. The Labute approximate surface area is 256 Å². The van der Waals surface area contributed by atoms with Crippen molar-refractivity contribution >= 4 is 53.5 Å². The van der Waals surface area contributed by atoms with E-state index in [4.69, 9.17) is 4.98 Å². The smallest absolute Gasteiger partial charge is 0.284 e. The number of hydrogen-bond donors (Lipinski definition) is 0. The molecule has 7 rings (SSSR count). The molecule has 1 aliphatic rings. The second-order valence-electron chi connectivity index (χ2n) is 10.6. The topological polar surface area (TPSA) is 162 Å². The number of pyridine rings is 1. The molecule has 5 aromatic heterocycles. The monoisotopic (exact) mass is 647 g/mol. The molecule has 224 valence electrons. The normalized spacial score (nSPS) is 15.5. The van der Waals surface area contributed by atoms with Crippen molar-refractivity contribution < 1.29 is 16.8 Å². The number of sulfonamides is 1. The van der Waals surface area contributed by atoms with E-state index in [1.54, 1.807) is 53.5 Å². The Morgan fingerprint density at radius 3 is 2.48 bits per heavy atom. The van der Waals surface area contributed by atoms with Gasteiger partial charge in [0.25, 0.3) is 10.0 Å². The van der Waals surface area contributed by atoms with E-state index in [-0.39, 0.29) is 35.8 Å². The molecule has 6 heterocycles. The van der Waals surface area contributed by atoms with E-state index in [0.29, 0.717) is 27.9 Å². The minimum absolute atomic E-state index is 0.0255. The standard InChI is InChI=1S/C28H25N9O4S3/c1-3-43(38,39)34-17-28(18-34,11-12-29)35-16-20(13-31-35)36-25-22-14-32-37(44(40,41)21-7-5-4-6-8-21)26(22)30-15-23(25)33-27(36)24-10-9-19(2)42-24/h4-10,13-16H,3,11,17-18H2,1-2H3. The lowest BCUT2D eigenvalue weighted by Gasteiger charge is -2.47. The molecular formula is C28H25N9O4S3. The quantitative estimate of drug-likeness (QED) is 0.241. The molecule has 0 saturated carbocycles. The summed E-state index contributed by atoms with van der Waals surface area (Å²) >= 11 is 1.55. The molecule has 1 saturated heterocycles. The Kier molecular flexibility index (Phi) is 6.48. The van der Waals surface area contributed by atoms with Crippen LogP contribution in [0.3, 0.4) is 0 Å². The molecule has 6 aromatic rings. The largest absolute Gasteiger partial charge is 0.288 e. The van der Waals surface area contributed by atoms with Gasteiger partial charge in [-0.1, -0.05) is 18.2 Å². The van der Waals surface area contributed by atoms with Gasteiger partial charge in [0.15, 0.2) is 11.5 Å². The Morgan fingerprint density at radius 1 is 1.02 bits per heavy atom. The maximum absolute atomic E-state index is 13.5. The van der Waals surface area contributed by atoms with Crippen molar-refractivity contribution in [3.8, 4) is 22.5 Å². The van der Waals surface area contributed by atoms with Crippen molar-refractivity contribution in [1.82, 2.24) is 37.8 Å². The average Bonchev–Trinajstić information content (AvgIpc) is 3.79. The van der Waals surface area contributed by atoms with Crippen LogP contribution in [-0.2, 0) is 25.6 Å². The fraction of sp³-hybridized carbons (Fsp3) is 0.250. The molecule has 1 aliphatic heterocycles. The summed E-state index contributed by atoms with van der Waals surface area (Å²) in [6, 6.07) is 14.2. The summed E-state index contributed by atoms with van der Waals surface area (Å²) in [6.07, 6.45) is 6.48. The van der Waals surface area contributed by atoms with Gasteiger partial charge in [-0.3, -0.25) is 9.25 Å². The summed E-state index contributed by atoms with van der Waals surface area (Å²) in [6.45, 7) is 3.86. The molecule has 0 unspecified atom stereocenters. The highest BCUT2D eigenvalue weighted by atomic mass is 32.2. The van der Waals surface area contributed by atoms with E-state index in [0.717, 1.165) is 13.8 Å². The zero-order valence-corrected chi connectivity index (χ0v) is 26.0. The van der Waals surface area contributed by atoms with Gasteiger partial charge in [0.1, 0.15) is 11.1 Å². The molecule has 0 aliphatic carbocycles. The highest BCUT2D eigenvalue weighted by Gasteiger charge is 2.49. The van der Waals surface area contributed by atoms with E-state index >= 15 is 0 Å². The third-order valence-electron chi connectivity index (χ3n) is 7.83. The first-order valence-electron chi connectivity index (χ1n) is 13.6. The lowest BCUT2D eigenvalue weighted by atomic mass is 9.89. The first kappa shape index (κ1) is 28.3. The van der Waals surface area contributed by atoms with Crippen LogP contribution < -0.4 is 0 Å². The SMILES string of the molecule is CCS(=O)(=O)N1CC(CC#N)(n2cc(-n3c(-c4ccc(C)s4)nc4cnc5c(cnn5S(=O)(=O)c5ccccc5)c43)cn2)C1. The summed E-state index contributed by atoms with van der Waals surface area (Å²) in [4.78, 5) is 11.4. The molecule has 13 nitrogen and oxygen atoms in total. The number of nitrogens with zero attached hydrogens (tertiary/aromatic N) is 9. The van der Waals surface area contributed by atoms with Crippen LogP contribution in [0.4, 0.5) is 0 Å². The van der Waals surface area contributed by atoms with Crippen LogP contribution in [0.2, 0.25) is 0 Å². The highest BCUT2D eigenvalue weighted by molar-refractivity contribution is 7.90. The molecule has 0 atom stereocenters. The van der Waals surface area contributed by atoms with Crippen LogP contribution in [0.15, 0.2) is 72.1 Å². The fourth-order valence-electron chi connectivity index (χ4n) is 5.52. The molecule has 0 spiro atoms. The van der Waals surface area contributed by atoms with Crippen LogP contribution in [0.1, 0.15) is 18.2 Å². The van der Waals surface area contributed by atoms with Gasteiger partial charge in [-0.05, 0) is 38.1 Å². The number of fused-ring (bicyclic) bond motifs is 3. The van der Waals surface area contributed by atoms with Crippen LogP contribution in [0.5, 0.6) is 0 Å². The van der Waals surface area contributed by atoms with Gasteiger partial charge in [0.2, 0.25) is 10.0 Å². The summed E-state index contributed by atoms with van der Waals surface area (Å²) in [5.74, 6) is 0.575. The van der Waals surface area contributed by atoms with Gasteiger partial charge in [-0.25, -0.2) is 18.4 Å². The summed E-state index contributed by atoms with van der Waals surface area (Å²) < 4.78 is 57.8. The predicted octanol–water partition coefficient (Wildman–Crippen LogP) is 3.51. The second-order valence-corrected chi connectivity index (χ2v) is 15.9. The summed E-state index contributed by atoms with van der Waals surface area (Å²) in [5, 5.41) is 19.0. The number of imidazole rings is 1. The molecular weight excluding hydrogens is 623 g/mol. The van der Waals surface area contributed by atoms with Gasteiger partial charge < -0.3 is 0 Å². The van der Waals surface area contributed by atoms with Crippen molar-refractivity contribution in [3.05, 3.63) is 72.1 Å². The third kappa shape index (κ3) is 4.26. The van der Waals surface area contributed by atoms with Gasteiger partial charge in [-0.2, -0.15) is 28.2 Å². The van der Waals surface area contributed by atoms with Crippen LogP contribution in [0, 0.1) is 18.3 Å². The number of thiophene rings is 1.